The van der Waals surface area contributed by atoms with Gasteiger partial charge in [-0.3, -0.25) is 0 Å². The van der Waals surface area contributed by atoms with Crippen LogP contribution in [-0.2, 0) is 0 Å². The van der Waals surface area contributed by atoms with Crippen LogP contribution in [0.15, 0.2) is 24.3 Å². The lowest BCUT2D eigenvalue weighted by atomic mass is 9.97. The zero-order valence-electron chi connectivity index (χ0n) is 10.3. The Morgan fingerprint density at radius 3 is 2.76 bits per heavy atom. The second kappa shape index (κ2) is 5.70. The number of hydrogen-bond donors (Lipinski definition) is 1. The Hall–Kier alpha value is -1.53. The van der Waals surface area contributed by atoms with Crippen LogP contribution < -0.4 is 10.2 Å². The molecule has 0 spiro atoms. The van der Waals surface area contributed by atoms with Gasteiger partial charge in [0.15, 0.2) is 0 Å². The van der Waals surface area contributed by atoms with Gasteiger partial charge in [-0.2, -0.15) is 5.26 Å². The topological polar surface area (TPSA) is 39.1 Å². The van der Waals surface area contributed by atoms with Crippen LogP contribution in [0.25, 0.3) is 0 Å². The first kappa shape index (κ1) is 11.9. The van der Waals surface area contributed by atoms with E-state index in [4.69, 9.17) is 5.26 Å². The Morgan fingerprint density at radius 1 is 1.35 bits per heavy atom. The third-order valence-corrected chi connectivity index (χ3v) is 3.43. The maximum atomic E-state index is 9.09. The fraction of sp³-hybridized carbons (Fsp3) is 0.500. The number of hydrogen-bond acceptors (Lipinski definition) is 3. The summed E-state index contributed by atoms with van der Waals surface area (Å²) in [6.45, 7) is 3.29. The smallest absolute Gasteiger partial charge is 0.101 e. The van der Waals surface area contributed by atoms with Gasteiger partial charge < -0.3 is 10.2 Å². The number of nitriles is 1. The molecule has 0 saturated carbocycles. The Labute approximate surface area is 103 Å². The average Bonchev–Trinajstić information content (AvgIpc) is 2.40. The molecule has 1 aliphatic rings. The van der Waals surface area contributed by atoms with E-state index in [1.807, 2.05) is 24.3 Å². The van der Waals surface area contributed by atoms with E-state index in [0.29, 0.717) is 0 Å². The van der Waals surface area contributed by atoms with E-state index in [2.05, 4.69) is 23.3 Å². The summed E-state index contributed by atoms with van der Waals surface area (Å²) in [5.41, 5.74) is 1.82. The molecule has 1 saturated heterocycles. The number of nitrogens with one attached hydrogen (secondary N) is 1. The van der Waals surface area contributed by atoms with Crippen molar-refractivity contribution in [2.75, 3.05) is 31.6 Å². The van der Waals surface area contributed by atoms with Crippen molar-refractivity contribution in [3.8, 4) is 6.07 Å². The van der Waals surface area contributed by atoms with Crippen LogP contribution in [-0.4, -0.2) is 26.7 Å². The summed E-state index contributed by atoms with van der Waals surface area (Å²) in [5.74, 6) is 0.744. The van der Waals surface area contributed by atoms with Gasteiger partial charge in [0, 0.05) is 13.6 Å². The molecule has 90 valence electrons. The highest BCUT2D eigenvalue weighted by molar-refractivity contribution is 5.58. The average molecular weight is 229 g/mol. The molecule has 1 fully saturated rings. The highest BCUT2D eigenvalue weighted by atomic mass is 15.1. The Balaban J connectivity index is 2.03. The van der Waals surface area contributed by atoms with Crippen molar-refractivity contribution < 1.29 is 0 Å². The summed E-state index contributed by atoms with van der Waals surface area (Å²) < 4.78 is 0. The van der Waals surface area contributed by atoms with Gasteiger partial charge in [0.25, 0.3) is 0 Å². The maximum Gasteiger partial charge on any atom is 0.101 e. The molecule has 1 aromatic carbocycles. The van der Waals surface area contributed by atoms with Gasteiger partial charge >= 0.3 is 0 Å². The predicted octanol–water partition coefficient (Wildman–Crippen LogP) is 1.99. The molecule has 0 radical (unpaired) electrons. The molecule has 2 rings (SSSR count). The quantitative estimate of drug-likeness (QED) is 0.861. The minimum atomic E-state index is 0.744. The molecule has 0 bridgehead atoms. The molecule has 0 atom stereocenters. The molecule has 0 aromatic heterocycles. The van der Waals surface area contributed by atoms with E-state index < -0.39 is 0 Å². The molecule has 1 heterocycles. The van der Waals surface area contributed by atoms with E-state index >= 15 is 0 Å². The van der Waals surface area contributed by atoms with Gasteiger partial charge in [0.1, 0.15) is 6.07 Å². The first-order valence-electron chi connectivity index (χ1n) is 6.22. The first-order valence-corrected chi connectivity index (χ1v) is 6.22. The Kier molecular flexibility index (Phi) is 4.00. The lowest BCUT2D eigenvalue weighted by molar-refractivity contribution is 0.378. The SMILES string of the molecule is CN(CC1CCNCC1)c1ccccc1C#N. The molecule has 0 amide bonds. The van der Waals surface area contributed by atoms with Gasteiger partial charge in [-0.1, -0.05) is 12.1 Å². The minimum absolute atomic E-state index is 0.744. The van der Waals surface area contributed by atoms with Crippen molar-refractivity contribution in [3.63, 3.8) is 0 Å². The van der Waals surface area contributed by atoms with Crippen molar-refractivity contribution >= 4 is 5.69 Å². The third-order valence-electron chi connectivity index (χ3n) is 3.43. The zero-order valence-corrected chi connectivity index (χ0v) is 10.3. The largest absolute Gasteiger partial charge is 0.373 e. The Morgan fingerprint density at radius 2 is 2.06 bits per heavy atom. The van der Waals surface area contributed by atoms with E-state index in [9.17, 15) is 0 Å². The first-order chi connectivity index (χ1) is 8.31. The van der Waals surface area contributed by atoms with Crippen molar-refractivity contribution in [2.45, 2.75) is 12.8 Å². The second-order valence-electron chi connectivity index (χ2n) is 4.70. The van der Waals surface area contributed by atoms with Crippen LogP contribution in [0.3, 0.4) is 0 Å². The van der Waals surface area contributed by atoms with Gasteiger partial charge in [-0.15, -0.1) is 0 Å². The lowest BCUT2D eigenvalue weighted by Crippen LogP contribution is -2.34. The zero-order chi connectivity index (χ0) is 12.1. The second-order valence-corrected chi connectivity index (χ2v) is 4.70. The molecule has 0 unspecified atom stereocenters. The number of rotatable bonds is 3. The molecule has 1 aliphatic heterocycles. The van der Waals surface area contributed by atoms with Crippen molar-refractivity contribution in [2.24, 2.45) is 5.92 Å². The lowest BCUT2D eigenvalue weighted by Gasteiger charge is -2.29. The molecular formula is C14H19N3. The number of para-hydroxylation sites is 1. The highest BCUT2D eigenvalue weighted by Gasteiger charge is 2.16. The van der Waals surface area contributed by atoms with E-state index in [1.54, 1.807) is 0 Å². The molecule has 3 heteroatoms. The van der Waals surface area contributed by atoms with Crippen molar-refractivity contribution in [1.29, 1.82) is 5.26 Å². The van der Waals surface area contributed by atoms with Gasteiger partial charge in [-0.05, 0) is 44.0 Å². The summed E-state index contributed by atoms with van der Waals surface area (Å²) in [7, 11) is 2.08. The number of anilines is 1. The normalized spacial score (nSPS) is 16.5. The van der Waals surface area contributed by atoms with Crippen LogP contribution in [0.2, 0.25) is 0 Å². The summed E-state index contributed by atoms with van der Waals surface area (Å²) in [5, 5.41) is 12.5. The summed E-state index contributed by atoms with van der Waals surface area (Å²) in [4.78, 5) is 2.22. The summed E-state index contributed by atoms with van der Waals surface area (Å²) >= 11 is 0. The summed E-state index contributed by atoms with van der Waals surface area (Å²) in [6, 6.07) is 10.1. The van der Waals surface area contributed by atoms with E-state index in [-0.39, 0.29) is 0 Å². The molecule has 1 aromatic rings. The van der Waals surface area contributed by atoms with Crippen LogP contribution in [0.4, 0.5) is 5.69 Å². The monoisotopic (exact) mass is 229 g/mol. The van der Waals surface area contributed by atoms with Gasteiger partial charge in [-0.25, -0.2) is 0 Å². The maximum absolute atomic E-state index is 9.09. The van der Waals surface area contributed by atoms with E-state index in [0.717, 1.165) is 36.8 Å². The Bertz CT molecular complexity index is 402. The fourth-order valence-corrected chi connectivity index (χ4v) is 2.45. The van der Waals surface area contributed by atoms with Crippen LogP contribution >= 0.6 is 0 Å². The molecule has 17 heavy (non-hydrogen) atoms. The van der Waals surface area contributed by atoms with Crippen LogP contribution in [0.1, 0.15) is 18.4 Å². The molecule has 0 aliphatic carbocycles. The number of benzene rings is 1. The third kappa shape index (κ3) is 2.98. The van der Waals surface area contributed by atoms with Crippen molar-refractivity contribution in [1.82, 2.24) is 5.32 Å². The van der Waals surface area contributed by atoms with Crippen LogP contribution in [0, 0.1) is 17.2 Å². The standard InChI is InChI=1S/C14H19N3/c1-17(11-12-6-8-16-9-7-12)14-5-3-2-4-13(14)10-15/h2-5,12,16H,6-9,11H2,1H3. The minimum Gasteiger partial charge on any atom is -0.373 e. The molecule has 1 N–H and O–H groups in total. The number of nitrogens with zero attached hydrogens (tertiary/aromatic N) is 2. The molecule has 3 nitrogen and oxygen atoms in total. The van der Waals surface area contributed by atoms with Gasteiger partial charge in [0.2, 0.25) is 0 Å². The predicted molar refractivity (Wildman–Crippen MR) is 70.0 cm³/mol. The summed E-state index contributed by atoms with van der Waals surface area (Å²) in [6.07, 6.45) is 2.47. The van der Waals surface area contributed by atoms with Crippen LogP contribution in [0.5, 0.6) is 0 Å². The fourth-order valence-electron chi connectivity index (χ4n) is 2.45. The van der Waals surface area contributed by atoms with Crippen molar-refractivity contribution in [3.05, 3.63) is 29.8 Å². The molecular weight excluding hydrogens is 210 g/mol. The van der Waals surface area contributed by atoms with E-state index in [1.165, 1.54) is 12.8 Å². The highest BCUT2D eigenvalue weighted by Crippen LogP contribution is 2.21. The van der Waals surface area contributed by atoms with Gasteiger partial charge in [0.05, 0.1) is 11.3 Å². The number of piperidine rings is 1.